The van der Waals surface area contributed by atoms with Crippen molar-refractivity contribution in [3.05, 3.63) is 69.7 Å². The molecule has 0 bridgehead atoms. The van der Waals surface area contributed by atoms with Gasteiger partial charge >= 0.3 is 0 Å². The first-order valence-electron chi connectivity index (χ1n) is 5.97. The number of nitrogens with one attached hydrogen (secondary N) is 1. The van der Waals surface area contributed by atoms with E-state index >= 15 is 0 Å². The van der Waals surface area contributed by atoms with Crippen molar-refractivity contribution in [1.29, 1.82) is 0 Å². The van der Waals surface area contributed by atoms with Gasteiger partial charge in [0.05, 0.1) is 0 Å². The zero-order valence-corrected chi connectivity index (χ0v) is 12.0. The molecule has 2 aromatic carbocycles. The minimum atomic E-state index is -0.424. The quantitative estimate of drug-likeness (QED) is 0.887. The third-order valence-corrected chi connectivity index (χ3v) is 3.56. The summed E-state index contributed by atoms with van der Waals surface area (Å²) in [4.78, 5) is 0. The molecule has 0 aliphatic rings. The summed E-state index contributed by atoms with van der Waals surface area (Å²) in [5.41, 5.74) is 1.41. The van der Waals surface area contributed by atoms with E-state index in [4.69, 9.17) is 0 Å². The van der Waals surface area contributed by atoms with Crippen molar-refractivity contribution in [3.8, 4) is 0 Å². The number of hydrogen-bond acceptors (Lipinski definition) is 1. The van der Waals surface area contributed by atoms with Crippen LogP contribution < -0.4 is 5.32 Å². The van der Waals surface area contributed by atoms with Gasteiger partial charge in [-0.2, -0.15) is 0 Å². The molecular weight excluding hydrogens is 312 g/mol. The summed E-state index contributed by atoms with van der Waals surface area (Å²) in [5, 5.41) is 3.03. The predicted octanol–water partition coefficient (Wildman–Crippen LogP) is 4.23. The van der Waals surface area contributed by atoms with E-state index in [1.165, 1.54) is 6.07 Å². The molecule has 0 aliphatic heterocycles. The van der Waals surface area contributed by atoms with Gasteiger partial charge in [-0.3, -0.25) is 0 Å². The average Bonchev–Trinajstić information content (AvgIpc) is 2.41. The molecule has 0 aromatic heterocycles. The lowest BCUT2D eigenvalue weighted by Gasteiger charge is -2.17. The zero-order valence-electron chi connectivity index (χ0n) is 10.5. The molecule has 0 aliphatic carbocycles. The largest absolute Gasteiger partial charge is 0.313 e. The minimum Gasteiger partial charge on any atom is -0.313 e. The van der Waals surface area contributed by atoms with Crippen LogP contribution in [0, 0.1) is 11.6 Å². The van der Waals surface area contributed by atoms with Crippen LogP contribution in [0.1, 0.15) is 17.2 Å². The van der Waals surface area contributed by atoms with E-state index < -0.39 is 11.6 Å². The van der Waals surface area contributed by atoms with Crippen LogP contribution in [0.4, 0.5) is 8.78 Å². The van der Waals surface area contributed by atoms with E-state index in [-0.39, 0.29) is 6.04 Å². The maximum atomic E-state index is 13.8. The third-order valence-electron chi connectivity index (χ3n) is 3.04. The summed E-state index contributed by atoms with van der Waals surface area (Å²) in [6, 6.07) is 11.1. The lowest BCUT2D eigenvalue weighted by molar-refractivity contribution is 0.523. The van der Waals surface area contributed by atoms with Gasteiger partial charge < -0.3 is 5.32 Å². The summed E-state index contributed by atoms with van der Waals surface area (Å²) in [6.45, 7) is 0. The van der Waals surface area contributed by atoms with Crippen LogP contribution in [0.25, 0.3) is 0 Å². The van der Waals surface area contributed by atoms with Crippen LogP contribution in [0.3, 0.4) is 0 Å². The number of halogens is 3. The van der Waals surface area contributed by atoms with E-state index in [0.29, 0.717) is 12.0 Å². The van der Waals surface area contributed by atoms with Crippen LogP contribution in [0.5, 0.6) is 0 Å². The Labute approximate surface area is 119 Å². The third kappa shape index (κ3) is 3.61. The molecule has 1 nitrogen and oxygen atoms in total. The lowest BCUT2D eigenvalue weighted by atomic mass is 9.98. The fourth-order valence-electron chi connectivity index (χ4n) is 2.01. The van der Waals surface area contributed by atoms with Gasteiger partial charge in [0.2, 0.25) is 0 Å². The topological polar surface area (TPSA) is 12.0 Å². The van der Waals surface area contributed by atoms with Crippen molar-refractivity contribution in [3.63, 3.8) is 0 Å². The molecule has 100 valence electrons. The number of likely N-dealkylation sites (N-methyl/N-ethyl adjacent to an activating group) is 1. The Kier molecular flexibility index (Phi) is 4.66. The first kappa shape index (κ1) is 14.2. The maximum absolute atomic E-state index is 13.8. The van der Waals surface area contributed by atoms with E-state index in [1.807, 2.05) is 24.3 Å². The van der Waals surface area contributed by atoms with Crippen molar-refractivity contribution in [2.24, 2.45) is 0 Å². The highest BCUT2D eigenvalue weighted by atomic mass is 79.9. The first-order chi connectivity index (χ1) is 9.10. The van der Waals surface area contributed by atoms with Gasteiger partial charge in [0.15, 0.2) is 0 Å². The molecule has 2 rings (SSSR count). The normalized spacial score (nSPS) is 12.4. The highest BCUT2D eigenvalue weighted by molar-refractivity contribution is 9.10. The Balaban J connectivity index is 2.24. The standard InChI is InChI=1S/C15H14BrF2N/c1-19-15(8-10-2-4-11(16)5-3-10)13-9-12(17)6-7-14(13)18/h2-7,9,15,19H,8H2,1H3. The van der Waals surface area contributed by atoms with Gasteiger partial charge in [-0.05, 0) is 49.4 Å². The molecule has 19 heavy (non-hydrogen) atoms. The average molecular weight is 326 g/mol. The molecule has 0 spiro atoms. The molecule has 1 atom stereocenters. The van der Waals surface area contributed by atoms with Gasteiger partial charge in [-0.25, -0.2) is 8.78 Å². The highest BCUT2D eigenvalue weighted by Crippen LogP contribution is 2.22. The Morgan fingerprint density at radius 3 is 2.42 bits per heavy atom. The van der Waals surface area contributed by atoms with Gasteiger partial charge in [-0.1, -0.05) is 28.1 Å². The Bertz CT molecular complexity index is 555. The molecule has 0 fully saturated rings. The van der Waals surface area contributed by atoms with Gasteiger partial charge in [-0.15, -0.1) is 0 Å². The van der Waals surface area contributed by atoms with E-state index in [0.717, 1.165) is 22.2 Å². The Morgan fingerprint density at radius 2 is 1.79 bits per heavy atom. The second-order valence-corrected chi connectivity index (χ2v) is 5.25. The summed E-state index contributed by atoms with van der Waals surface area (Å²) in [6.07, 6.45) is 0.601. The van der Waals surface area contributed by atoms with Crippen LogP contribution in [-0.2, 0) is 6.42 Å². The second kappa shape index (κ2) is 6.26. The number of hydrogen-bond donors (Lipinski definition) is 1. The van der Waals surface area contributed by atoms with Crippen LogP contribution in [-0.4, -0.2) is 7.05 Å². The van der Waals surface area contributed by atoms with Crippen LogP contribution in [0.15, 0.2) is 46.9 Å². The van der Waals surface area contributed by atoms with Gasteiger partial charge in [0, 0.05) is 16.1 Å². The van der Waals surface area contributed by atoms with E-state index in [2.05, 4.69) is 21.2 Å². The highest BCUT2D eigenvalue weighted by Gasteiger charge is 2.15. The van der Waals surface area contributed by atoms with Crippen LogP contribution in [0.2, 0.25) is 0 Å². The summed E-state index contributed by atoms with van der Waals surface area (Å²) in [5.74, 6) is -0.815. The molecule has 2 aromatic rings. The number of rotatable bonds is 4. The summed E-state index contributed by atoms with van der Waals surface area (Å²) in [7, 11) is 1.74. The number of benzene rings is 2. The van der Waals surface area contributed by atoms with E-state index in [9.17, 15) is 8.78 Å². The van der Waals surface area contributed by atoms with Crippen molar-refractivity contribution in [1.82, 2.24) is 5.32 Å². The van der Waals surface area contributed by atoms with E-state index in [1.54, 1.807) is 7.05 Å². The SMILES string of the molecule is CNC(Cc1ccc(Br)cc1)c1cc(F)ccc1F. The van der Waals surface area contributed by atoms with Gasteiger partial charge in [0.1, 0.15) is 11.6 Å². The predicted molar refractivity (Wildman–Crippen MR) is 76.0 cm³/mol. The van der Waals surface area contributed by atoms with Crippen molar-refractivity contribution in [2.45, 2.75) is 12.5 Å². The molecule has 4 heteroatoms. The maximum Gasteiger partial charge on any atom is 0.128 e. The van der Waals surface area contributed by atoms with Crippen molar-refractivity contribution in [2.75, 3.05) is 7.05 Å². The van der Waals surface area contributed by atoms with Crippen molar-refractivity contribution >= 4 is 15.9 Å². The Hall–Kier alpha value is -1.26. The van der Waals surface area contributed by atoms with Gasteiger partial charge in [0.25, 0.3) is 0 Å². The zero-order chi connectivity index (χ0) is 13.8. The summed E-state index contributed by atoms with van der Waals surface area (Å²) < 4.78 is 28.0. The molecule has 0 saturated carbocycles. The fraction of sp³-hybridized carbons (Fsp3) is 0.200. The fourth-order valence-corrected chi connectivity index (χ4v) is 2.27. The molecule has 0 amide bonds. The first-order valence-corrected chi connectivity index (χ1v) is 6.76. The molecule has 0 radical (unpaired) electrons. The Morgan fingerprint density at radius 1 is 1.11 bits per heavy atom. The monoisotopic (exact) mass is 325 g/mol. The molecular formula is C15H14BrF2N. The van der Waals surface area contributed by atoms with Crippen LogP contribution >= 0.6 is 15.9 Å². The molecule has 1 N–H and O–H groups in total. The molecule has 1 unspecified atom stereocenters. The second-order valence-electron chi connectivity index (χ2n) is 4.34. The minimum absolute atomic E-state index is 0.253. The van der Waals surface area contributed by atoms with Crippen molar-refractivity contribution < 1.29 is 8.78 Å². The molecule has 0 heterocycles. The smallest absolute Gasteiger partial charge is 0.128 e. The summed E-state index contributed by atoms with van der Waals surface area (Å²) >= 11 is 3.37. The molecule has 0 saturated heterocycles. The lowest BCUT2D eigenvalue weighted by Crippen LogP contribution is -2.20.